The molecule has 1 aromatic heterocycles. The lowest BCUT2D eigenvalue weighted by atomic mass is 9.92. The molecular weight excluding hydrogens is 434 g/mol. The maximum atomic E-state index is 13.3. The Bertz CT molecular complexity index is 1520. The van der Waals surface area contributed by atoms with Crippen LogP contribution in [-0.2, 0) is 11.2 Å². The fourth-order valence-corrected chi connectivity index (χ4v) is 5.33. The first-order chi connectivity index (χ1) is 17.2. The van der Waals surface area contributed by atoms with Gasteiger partial charge in [-0.2, -0.15) is 0 Å². The lowest BCUT2D eigenvalue weighted by Gasteiger charge is -2.35. The van der Waals surface area contributed by atoms with E-state index >= 15 is 0 Å². The summed E-state index contributed by atoms with van der Waals surface area (Å²) in [6, 6.07) is 30.7. The van der Waals surface area contributed by atoms with Crippen LogP contribution in [0.25, 0.3) is 21.7 Å². The molecule has 5 heteroatoms. The predicted octanol–water partition coefficient (Wildman–Crippen LogP) is 5.92. The number of carbonyl (C=O) groups is 1. The molecule has 5 nitrogen and oxygen atoms in total. The summed E-state index contributed by atoms with van der Waals surface area (Å²) in [6.45, 7) is 1.10. The van der Waals surface area contributed by atoms with Gasteiger partial charge in [-0.15, -0.1) is 0 Å². The minimum Gasteiger partial charge on any atom is -0.497 e. The van der Waals surface area contributed by atoms with Crippen molar-refractivity contribution in [2.75, 3.05) is 25.5 Å². The molecule has 35 heavy (non-hydrogen) atoms. The second kappa shape index (κ2) is 8.93. The second-order valence-electron chi connectivity index (χ2n) is 9.03. The molecule has 1 atom stereocenters. The number of carbonyl (C=O) groups excluding carboxylic acids is 1. The highest BCUT2D eigenvalue weighted by atomic mass is 16.5. The number of nitrogens with zero attached hydrogens (tertiary/aromatic N) is 1. The summed E-state index contributed by atoms with van der Waals surface area (Å²) in [5.74, 6) is 0.807. The van der Waals surface area contributed by atoms with Crippen molar-refractivity contribution >= 4 is 33.3 Å². The summed E-state index contributed by atoms with van der Waals surface area (Å²) in [5.41, 5.74) is 5.62. The molecule has 0 bridgehead atoms. The number of anilines is 1. The van der Waals surface area contributed by atoms with Crippen molar-refractivity contribution in [3.63, 3.8) is 0 Å². The molecule has 0 spiro atoms. The van der Waals surface area contributed by atoms with Crippen molar-refractivity contribution < 1.29 is 9.53 Å². The van der Waals surface area contributed by atoms with Crippen LogP contribution in [0.1, 0.15) is 22.9 Å². The van der Waals surface area contributed by atoms with Gasteiger partial charge in [0.05, 0.1) is 19.7 Å². The van der Waals surface area contributed by atoms with Gasteiger partial charge < -0.3 is 15.0 Å². The number of amides is 1. The first kappa shape index (κ1) is 21.4. The minimum atomic E-state index is -0.0460. The number of nitrogens with one attached hydrogen (secondary N) is 2. The number of rotatable bonds is 5. The average Bonchev–Trinajstić information content (AvgIpc) is 3.27. The van der Waals surface area contributed by atoms with Crippen LogP contribution in [0.4, 0.5) is 5.69 Å². The lowest BCUT2D eigenvalue weighted by molar-refractivity contribution is -0.117. The van der Waals surface area contributed by atoms with E-state index < -0.39 is 0 Å². The summed E-state index contributed by atoms with van der Waals surface area (Å²) in [6.07, 6.45) is 0.896. The Morgan fingerprint density at radius 3 is 2.51 bits per heavy atom. The quantitative estimate of drug-likeness (QED) is 0.342. The zero-order valence-electron chi connectivity index (χ0n) is 19.6. The van der Waals surface area contributed by atoms with Gasteiger partial charge in [0.15, 0.2) is 0 Å². The zero-order chi connectivity index (χ0) is 23.8. The summed E-state index contributed by atoms with van der Waals surface area (Å²) in [7, 11) is 1.68. The molecule has 4 aromatic carbocycles. The summed E-state index contributed by atoms with van der Waals surface area (Å²) >= 11 is 0. The van der Waals surface area contributed by atoms with Crippen molar-refractivity contribution in [1.82, 2.24) is 9.88 Å². The lowest BCUT2D eigenvalue weighted by Crippen LogP contribution is -2.41. The van der Waals surface area contributed by atoms with E-state index in [0.717, 1.165) is 46.3 Å². The number of benzene rings is 4. The summed E-state index contributed by atoms with van der Waals surface area (Å²) in [5, 5.41) is 6.59. The van der Waals surface area contributed by atoms with Crippen molar-refractivity contribution in [2.24, 2.45) is 0 Å². The van der Waals surface area contributed by atoms with E-state index in [-0.39, 0.29) is 11.9 Å². The van der Waals surface area contributed by atoms with E-state index in [2.05, 4.69) is 63.7 Å². The number of aromatic nitrogens is 1. The monoisotopic (exact) mass is 461 g/mol. The van der Waals surface area contributed by atoms with Crippen LogP contribution >= 0.6 is 0 Å². The minimum absolute atomic E-state index is 0.0144. The van der Waals surface area contributed by atoms with Crippen LogP contribution in [0.5, 0.6) is 5.75 Å². The van der Waals surface area contributed by atoms with Gasteiger partial charge in [-0.05, 0) is 47.2 Å². The molecule has 1 aliphatic heterocycles. The molecule has 0 radical (unpaired) electrons. The number of hydrogen-bond donors (Lipinski definition) is 2. The third-order valence-electron chi connectivity index (χ3n) is 6.98. The normalized spacial score (nSPS) is 15.7. The third kappa shape index (κ3) is 3.94. The average molecular weight is 462 g/mol. The Hall–Kier alpha value is -4.09. The van der Waals surface area contributed by atoms with E-state index in [4.69, 9.17) is 4.74 Å². The van der Waals surface area contributed by atoms with Gasteiger partial charge in [0.2, 0.25) is 5.91 Å². The number of aromatic amines is 1. The maximum absolute atomic E-state index is 13.3. The summed E-state index contributed by atoms with van der Waals surface area (Å²) in [4.78, 5) is 19.2. The van der Waals surface area contributed by atoms with Crippen LogP contribution in [-0.4, -0.2) is 36.0 Å². The fourth-order valence-electron chi connectivity index (χ4n) is 5.33. The maximum Gasteiger partial charge on any atom is 0.238 e. The topological polar surface area (TPSA) is 57.4 Å². The van der Waals surface area contributed by atoms with Crippen LogP contribution in [0.3, 0.4) is 0 Å². The van der Waals surface area contributed by atoms with Gasteiger partial charge in [0.25, 0.3) is 0 Å². The third-order valence-corrected chi connectivity index (χ3v) is 6.98. The van der Waals surface area contributed by atoms with Crippen LogP contribution in [0.2, 0.25) is 0 Å². The first-order valence-electron chi connectivity index (χ1n) is 12.0. The van der Waals surface area contributed by atoms with Crippen molar-refractivity contribution in [3.8, 4) is 5.75 Å². The molecular formula is C30H27N3O2. The van der Waals surface area contributed by atoms with Crippen molar-refractivity contribution in [3.05, 3.63) is 108 Å². The highest BCUT2D eigenvalue weighted by Crippen LogP contribution is 2.38. The molecule has 0 fully saturated rings. The van der Waals surface area contributed by atoms with E-state index in [1.165, 1.54) is 16.6 Å². The van der Waals surface area contributed by atoms with Crippen LogP contribution < -0.4 is 10.1 Å². The number of H-pyrrole nitrogens is 1. The molecule has 6 rings (SSSR count). The Morgan fingerprint density at radius 1 is 0.943 bits per heavy atom. The predicted molar refractivity (Wildman–Crippen MR) is 141 cm³/mol. The Labute approximate surface area is 204 Å². The molecule has 1 amide bonds. The highest BCUT2D eigenvalue weighted by molar-refractivity contribution is 6.02. The standard InChI is InChI=1S/C30H27N3O2/c1-35-22-15-13-21(14-16-22)30-29-25(24-10-4-5-11-27(24)32-29)17-18-33(30)19-28(34)31-26-12-6-8-20-7-2-3-9-23(20)26/h2-16,30,32H,17-19H2,1H3,(H,31,34)/t30-/m0/s1. The molecule has 0 saturated heterocycles. The highest BCUT2D eigenvalue weighted by Gasteiger charge is 2.32. The van der Waals surface area contributed by atoms with Gasteiger partial charge in [-0.3, -0.25) is 9.69 Å². The van der Waals surface area contributed by atoms with Gasteiger partial charge in [-0.1, -0.05) is 66.7 Å². The Balaban J connectivity index is 1.34. The van der Waals surface area contributed by atoms with Gasteiger partial charge in [0, 0.05) is 34.2 Å². The van der Waals surface area contributed by atoms with Gasteiger partial charge >= 0.3 is 0 Å². The van der Waals surface area contributed by atoms with E-state index in [0.29, 0.717) is 6.54 Å². The smallest absolute Gasteiger partial charge is 0.238 e. The van der Waals surface area contributed by atoms with E-state index in [1.54, 1.807) is 7.11 Å². The number of ether oxygens (including phenoxy) is 1. The summed E-state index contributed by atoms with van der Waals surface area (Å²) < 4.78 is 5.38. The fraction of sp³-hybridized carbons (Fsp3) is 0.167. The van der Waals surface area contributed by atoms with Crippen molar-refractivity contribution in [1.29, 1.82) is 0 Å². The first-order valence-corrected chi connectivity index (χ1v) is 12.0. The van der Waals surface area contributed by atoms with Gasteiger partial charge in [0.1, 0.15) is 5.75 Å². The molecule has 0 aliphatic carbocycles. The van der Waals surface area contributed by atoms with Gasteiger partial charge in [-0.25, -0.2) is 0 Å². The second-order valence-corrected chi connectivity index (χ2v) is 9.03. The van der Waals surface area contributed by atoms with E-state index in [9.17, 15) is 4.79 Å². The number of fused-ring (bicyclic) bond motifs is 4. The number of hydrogen-bond acceptors (Lipinski definition) is 3. The molecule has 5 aromatic rings. The zero-order valence-corrected chi connectivity index (χ0v) is 19.6. The largest absolute Gasteiger partial charge is 0.497 e. The van der Waals surface area contributed by atoms with Crippen molar-refractivity contribution in [2.45, 2.75) is 12.5 Å². The molecule has 2 heterocycles. The molecule has 1 aliphatic rings. The Morgan fingerprint density at radius 2 is 1.69 bits per heavy atom. The van der Waals surface area contributed by atoms with Crippen LogP contribution in [0.15, 0.2) is 91.0 Å². The molecule has 0 unspecified atom stereocenters. The SMILES string of the molecule is COc1ccc([C@H]2c3[nH]c4ccccc4c3CCN2CC(=O)Nc2cccc3ccccc23)cc1. The molecule has 2 N–H and O–H groups in total. The van der Waals surface area contributed by atoms with E-state index in [1.807, 2.05) is 42.5 Å². The van der Waals surface area contributed by atoms with Crippen LogP contribution in [0, 0.1) is 0 Å². The molecule has 0 saturated carbocycles. The number of methoxy groups -OCH3 is 1. The molecule has 174 valence electrons. The number of para-hydroxylation sites is 1. The Kier molecular flexibility index (Phi) is 5.47.